The van der Waals surface area contributed by atoms with Gasteiger partial charge in [-0.05, 0) is 32.0 Å². The van der Waals surface area contributed by atoms with E-state index >= 15 is 0 Å². The third-order valence-corrected chi connectivity index (χ3v) is 5.84. The Morgan fingerprint density at radius 1 is 0.970 bits per heavy atom. The average molecular weight is 449 g/mol. The number of hydrogen-bond acceptors (Lipinski definition) is 8. The van der Waals surface area contributed by atoms with Gasteiger partial charge in [-0.2, -0.15) is 14.3 Å². The molecule has 0 spiro atoms. The number of benzene rings is 1. The monoisotopic (exact) mass is 449 g/mol. The van der Waals surface area contributed by atoms with E-state index in [9.17, 15) is 4.79 Å². The predicted molar refractivity (Wildman–Crippen MR) is 119 cm³/mol. The van der Waals surface area contributed by atoms with Crippen LogP contribution in [-0.4, -0.2) is 56.8 Å². The van der Waals surface area contributed by atoms with E-state index in [1.807, 2.05) is 26.0 Å². The molecule has 11 nitrogen and oxygen atoms in total. The number of nitrogens with zero attached hydrogens (tertiary/aromatic N) is 6. The van der Waals surface area contributed by atoms with Gasteiger partial charge in [-0.15, -0.1) is 15.3 Å². The summed E-state index contributed by atoms with van der Waals surface area (Å²) in [5, 5.41) is 20.4. The highest BCUT2D eigenvalue weighted by Crippen LogP contribution is 2.46. The van der Waals surface area contributed by atoms with Crippen molar-refractivity contribution < 1.29 is 19.0 Å². The highest BCUT2D eigenvalue weighted by atomic mass is 16.5. The molecule has 3 aromatic heterocycles. The summed E-state index contributed by atoms with van der Waals surface area (Å²) in [6.45, 7) is 3.73. The molecule has 0 saturated carbocycles. The first-order chi connectivity index (χ1) is 15.9. The number of anilines is 1. The number of carbonyl (C=O) groups is 1. The first-order valence-electron chi connectivity index (χ1n) is 10.3. The zero-order valence-corrected chi connectivity index (χ0v) is 18.9. The lowest BCUT2D eigenvalue weighted by molar-refractivity contribution is -0.116. The highest BCUT2D eigenvalue weighted by molar-refractivity contribution is 5.95. The average Bonchev–Trinajstić information content (AvgIpc) is 3.36. The number of amides is 1. The third kappa shape index (κ3) is 3.23. The SMILES string of the molecule is COc1cc(OC)c([C@@H]2CC(=O)Nc3c2c(C)nn3-c2ccc3nnc(C)n3n2)cc1OC. The first-order valence-corrected chi connectivity index (χ1v) is 10.3. The lowest BCUT2D eigenvalue weighted by Crippen LogP contribution is -2.25. The molecule has 0 saturated heterocycles. The molecule has 5 rings (SSSR count). The molecule has 1 aliphatic rings. The largest absolute Gasteiger partial charge is 0.496 e. The Hall–Kier alpha value is -4.15. The Bertz CT molecular complexity index is 1390. The van der Waals surface area contributed by atoms with Crippen LogP contribution in [0.5, 0.6) is 17.2 Å². The fourth-order valence-electron chi connectivity index (χ4n) is 4.30. The maximum atomic E-state index is 12.8. The Kier molecular flexibility index (Phi) is 4.88. The smallest absolute Gasteiger partial charge is 0.226 e. The molecule has 1 aromatic carbocycles. The highest BCUT2D eigenvalue weighted by Gasteiger charge is 2.35. The molecule has 0 fully saturated rings. The van der Waals surface area contributed by atoms with Crippen LogP contribution in [0, 0.1) is 13.8 Å². The second-order valence-electron chi connectivity index (χ2n) is 7.72. The topological polar surface area (TPSA) is 118 Å². The van der Waals surface area contributed by atoms with Crippen molar-refractivity contribution in [1.82, 2.24) is 29.6 Å². The minimum absolute atomic E-state index is 0.132. The summed E-state index contributed by atoms with van der Waals surface area (Å²) in [5.74, 6) is 3.04. The van der Waals surface area contributed by atoms with E-state index in [0.29, 0.717) is 40.4 Å². The fraction of sp³-hybridized carbons (Fsp3) is 0.318. The van der Waals surface area contributed by atoms with Gasteiger partial charge in [0.1, 0.15) is 11.6 Å². The van der Waals surface area contributed by atoms with Gasteiger partial charge in [0.25, 0.3) is 0 Å². The van der Waals surface area contributed by atoms with E-state index in [4.69, 9.17) is 19.3 Å². The van der Waals surface area contributed by atoms with E-state index in [-0.39, 0.29) is 18.2 Å². The molecule has 1 atom stereocenters. The molecule has 0 unspecified atom stereocenters. The van der Waals surface area contributed by atoms with Crippen LogP contribution >= 0.6 is 0 Å². The van der Waals surface area contributed by atoms with Crippen LogP contribution in [0.4, 0.5) is 5.82 Å². The molecule has 170 valence electrons. The molecule has 1 amide bonds. The second-order valence-corrected chi connectivity index (χ2v) is 7.72. The van der Waals surface area contributed by atoms with Gasteiger partial charge in [-0.3, -0.25) is 4.79 Å². The Labute approximate surface area is 189 Å². The van der Waals surface area contributed by atoms with Crippen LogP contribution in [0.25, 0.3) is 11.5 Å². The number of fused-ring (bicyclic) bond motifs is 2. The lowest BCUT2D eigenvalue weighted by atomic mass is 9.85. The second kappa shape index (κ2) is 7.76. The van der Waals surface area contributed by atoms with Crippen LogP contribution in [0.3, 0.4) is 0 Å². The van der Waals surface area contributed by atoms with Crippen LogP contribution in [0.2, 0.25) is 0 Å². The van der Waals surface area contributed by atoms with E-state index < -0.39 is 0 Å². The number of nitrogens with one attached hydrogen (secondary N) is 1. The van der Waals surface area contributed by atoms with Crippen LogP contribution in [0.1, 0.15) is 35.0 Å². The van der Waals surface area contributed by atoms with Gasteiger partial charge in [0.15, 0.2) is 28.8 Å². The van der Waals surface area contributed by atoms with Crippen molar-refractivity contribution in [3.05, 3.63) is 46.9 Å². The van der Waals surface area contributed by atoms with Crippen molar-refractivity contribution >= 4 is 17.4 Å². The van der Waals surface area contributed by atoms with E-state index in [0.717, 1.165) is 16.8 Å². The van der Waals surface area contributed by atoms with Crippen molar-refractivity contribution in [2.75, 3.05) is 26.6 Å². The molecule has 33 heavy (non-hydrogen) atoms. The standard InChI is InChI=1S/C22H23N7O4/c1-11-21-14(13-8-16(32-4)17(33-5)10-15(13)31-3)9-20(30)23-22(21)29(26-11)19-7-6-18-25-24-12(2)28(18)27-19/h6-8,10,14H,9H2,1-5H3,(H,23,30)/t14-/m0/s1. The molecule has 1 N–H and O–H groups in total. The number of carbonyl (C=O) groups excluding carboxylic acids is 1. The zero-order chi connectivity index (χ0) is 23.3. The third-order valence-electron chi connectivity index (χ3n) is 5.84. The minimum Gasteiger partial charge on any atom is -0.496 e. The molecule has 4 heterocycles. The molecule has 11 heteroatoms. The maximum absolute atomic E-state index is 12.8. The number of rotatable bonds is 5. The van der Waals surface area contributed by atoms with E-state index in [1.165, 1.54) is 0 Å². The molecule has 4 aromatic rings. The summed E-state index contributed by atoms with van der Waals surface area (Å²) in [4.78, 5) is 12.8. The van der Waals surface area contributed by atoms with Crippen molar-refractivity contribution in [2.24, 2.45) is 0 Å². The maximum Gasteiger partial charge on any atom is 0.226 e. The van der Waals surface area contributed by atoms with Crippen molar-refractivity contribution in [3.8, 4) is 23.1 Å². The summed E-state index contributed by atoms with van der Waals surface area (Å²) >= 11 is 0. The fourth-order valence-corrected chi connectivity index (χ4v) is 4.30. The number of ether oxygens (including phenoxy) is 3. The first kappa shape index (κ1) is 20.7. The van der Waals surface area contributed by atoms with Crippen molar-refractivity contribution in [3.63, 3.8) is 0 Å². The molecular weight excluding hydrogens is 426 g/mol. The summed E-state index contributed by atoms with van der Waals surface area (Å²) in [5.41, 5.74) is 3.11. The van der Waals surface area contributed by atoms with Gasteiger partial charge in [-0.1, -0.05) is 0 Å². The molecule has 0 aliphatic carbocycles. The molecule has 0 radical (unpaired) electrons. The van der Waals surface area contributed by atoms with Gasteiger partial charge in [0.2, 0.25) is 5.91 Å². The Morgan fingerprint density at radius 2 is 1.70 bits per heavy atom. The molecular formula is C22H23N7O4. The van der Waals surface area contributed by atoms with Gasteiger partial charge < -0.3 is 19.5 Å². The summed E-state index contributed by atoms with van der Waals surface area (Å²) in [6.07, 6.45) is 0.238. The normalized spacial score (nSPS) is 15.3. The van der Waals surface area contributed by atoms with Crippen molar-refractivity contribution in [1.29, 1.82) is 0 Å². The molecule has 1 aliphatic heterocycles. The zero-order valence-electron chi connectivity index (χ0n) is 18.9. The van der Waals surface area contributed by atoms with Crippen molar-refractivity contribution in [2.45, 2.75) is 26.2 Å². The predicted octanol–water partition coefficient (Wildman–Crippen LogP) is 2.43. The Morgan fingerprint density at radius 3 is 2.42 bits per heavy atom. The minimum atomic E-state index is -0.294. The van der Waals surface area contributed by atoms with Gasteiger partial charge >= 0.3 is 0 Å². The van der Waals surface area contributed by atoms with E-state index in [1.54, 1.807) is 42.7 Å². The molecule has 0 bridgehead atoms. The summed E-state index contributed by atoms with van der Waals surface area (Å²) < 4.78 is 19.8. The number of aryl methyl sites for hydroxylation is 2. The lowest BCUT2D eigenvalue weighted by Gasteiger charge is -2.26. The number of aromatic nitrogens is 6. The van der Waals surface area contributed by atoms with Crippen LogP contribution in [-0.2, 0) is 4.79 Å². The van der Waals surface area contributed by atoms with Crippen LogP contribution < -0.4 is 19.5 Å². The van der Waals surface area contributed by atoms with Crippen LogP contribution in [0.15, 0.2) is 24.3 Å². The number of methoxy groups -OCH3 is 3. The number of hydrogen-bond donors (Lipinski definition) is 1. The quantitative estimate of drug-likeness (QED) is 0.494. The summed E-state index contributed by atoms with van der Waals surface area (Å²) in [6, 6.07) is 7.23. The summed E-state index contributed by atoms with van der Waals surface area (Å²) in [7, 11) is 4.73. The van der Waals surface area contributed by atoms with Gasteiger partial charge in [0, 0.05) is 29.5 Å². The van der Waals surface area contributed by atoms with Gasteiger partial charge in [0.05, 0.1) is 27.0 Å². The Balaban J connectivity index is 1.69. The van der Waals surface area contributed by atoms with Gasteiger partial charge in [-0.25, -0.2) is 0 Å². The van der Waals surface area contributed by atoms with E-state index in [2.05, 4.69) is 20.6 Å².